The molecule has 0 N–H and O–H groups in total. The molecule has 1 aromatic heterocycles. The van der Waals surface area contributed by atoms with Gasteiger partial charge in [-0.15, -0.1) is 0 Å². The van der Waals surface area contributed by atoms with Crippen molar-refractivity contribution in [2.45, 2.75) is 6.92 Å². The van der Waals surface area contributed by atoms with Crippen molar-refractivity contribution in [3.05, 3.63) is 46.1 Å². The van der Waals surface area contributed by atoms with Crippen LogP contribution < -0.4 is 14.9 Å². The van der Waals surface area contributed by atoms with E-state index >= 15 is 0 Å². The monoisotopic (exact) mass is 342 g/mol. The molecule has 1 heterocycles. The van der Waals surface area contributed by atoms with Gasteiger partial charge >= 0.3 is 11.9 Å². The Bertz CT molecular complexity index is 1060. The lowest BCUT2D eigenvalue weighted by Gasteiger charge is -2.11. The first-order valence-corrected chi connectivity index (χ1v) is 7.31. The summed E-state index contributed by atoms with van der Waals surface area (Å²) in [5, 5.41) is 0.0573. The van der Waals surface area contributed by atoms with Crippen molar-refractivity contribution in [1.82, 2.24) is 0 Å². The first kappa shape index (κ1) is 16.5. The van der Waals surface area contributed by atoms with E-state index in [-0.39, 0.29) is 39.0 Å². The Morgan fingerprint density at radius 3 is 2.32 bits per heavy atom. The van der Waals surface area contributed by atoms with Crippen molar-refractivity contribution >= 4 is 33.9 Å². The van der Waals surface area contributed by atoms with Crippen molar-refractivity contribution in [3.63, 3.8) is 0 Å². The van der Waals surface area contributed by atoms with Gasteiger partial charge in [0.1, 0.15) is 33.6 Å². The van der Waals surface area contributed by atoms with Crippen LogP contribution in [0.5, 0.6) is 11.5 Å². The first-order valence-electron chi connectivity index (χ1n) is 7.31. The van der Waals surface area contributed by atoms with E-state index in [1.54, 1.807) is 12.1 Å². The molecule has 25 heavy (non-hydrogen) atoms. The molecule has 0 aliphatic rings. The van der Waals surface area contributed by atoms with Gasteiger partial charge in [-0.05, 0) is 24.3 Å². The Hall–Kier alpha value is -3.35. The Morgan fingerprint density at radius 2 is 1.68 bits per heavy atom. The van der Waals surface area contributed by atoms with Gasteiger partial charge in [-0.3, -0.25) is 9.59 Å². The molecule has 3 rings (SSSR count). The molecule has 3 aromatic rings. The fourth-order valence-corrected chi connectivity index (χ4v) is 2.65. The molecule has 0 aliphatic carbocycles. The third kappa shape index (κ3) is 2.69. The van der Waals surface area contributed by atoms with Crippen LogP contribution in [-0.4, -0.2) is 26.2 Å². The number of hydrogen-bond acceptors (Lipinski definition) is 7. The molecule has 0 atom stereocenters. The van der Waals surface area contributed by atoms with Gasteiger partial charge in [0, 0.05) is 6.92 Å². The predicted octanol–water partition coefficient (Wildman–Crippen LogP) is 2.67. The van der Waals surface area contributed by atoms with E-state index in [0.717, 1.165) is 0 Å². The summed E-state index contributed by atoms with van der Waals surface area (Å²) in [6.45, 7) is 1.23. The molecule has 0 spiro atoms. The largest absolute Gasteiger partial charge is 0.496 e. The Balaban J connectivity index is 2.51. The number of carbonyl (C=O) groups excluding carboxylic acids is 2. The zero-order valence-electron chi connectivity index (χ0n) is 13.7. The standard InChI is InChI=1S/C18H14O7/c1-9(19)24-11-5-4-6-12-14(11)17(20)15-13(25-12)8-7-10(22-2)16(15)18(21)23-3/h4-8H,1-3H3. The van der Waals surface area contributed by atoms with Crippen molar-refractivity contribution < 1.29 is 28.2 Å². The fraction of sp³-hybridized carbons (Fsp3) is 0.167. The lowest BCUT2D eigenvalue weighted by Crippen LogP contribution is -2.13. The molecule has 7 heteroatoms. The first-order chi connectivity index (χ1) is 12.0. The minimum atomic E-state index is -0.737. The van der Waals surface area contributed by atoms with E-state index in [9.17, 15) is 14.4 Å². The average molecular weight is 342 g/mol. The Morgan fingerprint density at radius 1 is 0.960 bits per heavy atom. The second kappa shape index (κ2) is 6.27. The summed E-state index contributed by atoms with van der Waals surface area (Å²) >= 11 is 0. The Labute approximate surface area is 141 Å². The highest BCUT2D eigenvalue weighted by atomic mass is 16.5. The van der Waals surface area contributed by atoms with Crippen molar-refractivity contribution in [1.29, 1.82) is 0 Å². The minimum absolute atomic E-state index is 0.00157. The van der Waals surface area contributed by atoms with E-state index in [2.05, 4.69) is 0 Å². The number of benzene rings is 2. The van der Waals surface area contributed by atoms with Crippen molar-refractivity contribution in [2.24, 2.45) is 0 Å². The van der Waals surface area contributed by atoms with Gasteiger partial charge in [-0.25, -0.2) is 4.79 Å². The minimum Gasteiger partial charge on any atom is -0.496 e. The second-order valence-corrected chi connectivity index (χ2v) is 5.16. The molecule has 0 saturated heterocycles. The third-order valence-corrected chi connectivity index (χ3v) is 3.65. The summed E-state index contributed by atoms with van der Waals surface area (Å²) in [4.78, 5) is 36.6. The molecular formula is C18H14O7. The second-order valence-electron chi connectivity index (χ2n) is 5.16. The molecule has 7 nitrogen and oxygen atoms in total. The van der Waals surface area contributed by atoms with Crippen LogP contribution in [0.4, 0.5) is 0 Å². The van der Waals surface area contributed by atoms with Gasteiger partial charge in [0.15, 0.2) is 0 Å². The van der Waals surface area contributed by atoms with E-state index in [4.69, 9.17) is 18.6 Å². The van der Waals surface area contributed by atoms with Crippen molar-refractivity contribution in [2.75, 3.05) is 14.2 Å². The number of fused-ring (bicyclic) bond motifs is 2. The van der Waals surface area contributed by atoms with Crippen LogP contribution in [0.2, 0.25) is 0 Å². The lowest BCUT2D eigenvalue weighted by atomic mass is 10.0. The number of methoxy groups -OCH3 is 2. The molecule has 0 amide bonds. The molecule has 0 aliphatic heterocycles. The molecule has 0 bridgehead atoms. The zero-order chi connectivity index (χ0) is 18.1. The molecule has 0 radical (unpaired) electrons. The summed E-state index contributed by atoms with van der Waals surface area (Å²) in [6, 6.07) is 7.69. The van der Waals surface area contributed by atoms with E-state index in [1.807, 2.05) is 0 Å². The molecule has 2 aromatic carbocycles. The SMILES string of the molecule is COC(=O)c1c(OC)ccc2oc3cccc(OC(C)=O)c3c(=O)c12. The number of carbonyl (C=O) groups is 2. The van der Waals surface area contributed by atoms with E-state index in [1.165, 1.54) is 39.3 Å². The highest BCUT2D eigenvalue weighted by Gasteiger charge is 2.23. The van der Waals surface area contributed by atoms with E-state index < -0.39 is 17.4 Å². The maximum Gasteiger partial charge on any atom is 0.342 e. The maximum atomic E-state index is 13.1. The lowest BCUT2D eigenvalue weighted by molar-refractivity contribution is -0.131. The average Bonchev–Trinajstić information content (AvgIpc) is 2.59. The highest BCUT2D eigenvalue weighted by Crippen LogP contribution is 2.31. The van der Waals surface area contributed by atoms with Gasteiger partial charge in [0.2, 0.25) is 5.43 Å². The normalized spacial score (nSPS) is 10.7. The fourth-order valence-electron chi connectivity index (χ4n) is 2.65. The zero-order valence-corrected chi connectivity index (χ0v) is 13.7. The van der Waals surface area contributed by atoms with Crippen LogP contribution in [0.25, 0.3) is 21.9 Å². The topological polar surface area (TPSA) is 92.0 Å². The molecule has 0 fully saturated rings. The van der Waals surface area contributed by atoms with E-state index in [0.29, 0.717) is 0 Å². The van der Waals surface area contributed by atoms with Crippen LogP contribution in [0.15, 0.2) is 39.5 Å². The summed E-state index contributed by atoms with van der Waals surface area (Å²) in [7, 11) is 2.58. The van der Waals surface area contributed by atoms with Crippen LogP contribution in [0, 0.1) is 0 Å². The molecule has 0 saturated carbocycles. The van der Waals surface area contributed by atoms with Gasteiger partial charge < -0.3 is 18.6 Å². The number of ether oxygens (including phenoxy) is 3. The summed E-state index contributed by atoms with van der Waals surface area (Å²) < 4.78 is 20.8. The molecule has 128 valence electrons. The summed E-state index contributed by atoms with van der Waals surface area (Å²) in [6.07, 6.45) is 0. The van der Waals surface area contributed by atoms with Crippen LogP contribution in [0.1, 0.15) is 17.3 Å². The summed E-state index contributed by atoms with van der Waals surface area (Å²) in [5.74, 6) is -1.08. The molecule has 0 unspecified atom stereocenters. The summed E-state index contributed by atoms with van der Waals surface area (Å²) in [5.41, 5.74) is -0.140. The number of rotatable bonds is 3. The highest BCUT2D eigenvalue weighted by molar-refractivity contribution is 6.08. The predicted molar refractivity (Wildman–Crippen MR) is 89.2 cm³/mol. The third-order valence-electron chi connectivity index (χ3n) is 3.65. The maximum absolute atomic E-state index is 13.1. The Kier molecular flexibility index (Phi) is 4.14. The van der Waals surface area contributed by atoms with Gasteiger partial charge in [0.25, 0.3) is 0 Å². The van der Waals surface area contributed by atoms with Crippen molar-refractivity contribution in [3.8, 4) is 11.5 Å². The quantitative estimate of drug-likeness (QED) is 0.410. The van der Waals surface area contributed by atoms with Crippen LogP contribution >= 0.6 is 0 Å². The van der Waals surface area contributed by atoms with Gasteiger partial charge in [-0.2, -0.15) is 0 Å². The van der Waals surface area contributed by atoms with Crippen LogP contribution in [0.3, 0.4) is 0 Å². The van der Waals surface area contributed by atoms with Gasteiger partial charge in [-0.1, -0.05) is 6.07 Å². The smallest absolute Gasteiger partial charge is 0.342 e. The number of esters is 2. The van der Waals surface area contributed by atoms with Crippen LogP contribution in [-0.2, 0) is 9.53 Å². The number of hydrogen-bond donors (Lipinski definition) is 0. The van der Waals surface area contributed by atoms with Gasteiger partial charge in [0.05, 0.1) is 19.6 Å². The molecular weight excluding hydrogens is 328 g/mol.